The van der Waals surface area contributed by atoms with Crippen molar-refractivity contribution in [2.45, 2.75) is 68.2 Å². The zero-order chi connectivity index (χ0) is 21.7. The summed E-state index contributed by atoms with van der Waals surface area (Å²) in [5.41, 5.74) is -0.326. The van der Waals surface area contributed by atoms with Crippen molar-refractivity contribution in [3.05, 3.63) is 35.7 Å². The highest BCUT2D eigenvalue weighted by Gasteiger charge is 2.30. The van der Waals surface area contributed by atoms with E-state index in [9.17, 15) is 18.0 Å². The van der Waals surface area contributed by atoms with E-state index in [0.717, 1.165) is 37.8 Å². The first-order chi connectivity index (χ1) is 14.3. The molecule has 10 heteroatoms. The summed E-state index contributed by atoms with van der Waals surface area (Å²) in [5, 5.41) is 14.6. The molecule has 1 aromatic carbocycles. The highest BCUT2D eigenvalue weighted by atomic mass is 32.2. The molecule has 0 saturated heterocycles. The topological polar surface area (TPSA) is 71.8 Å². The number of amides is 1. The summed E-state index contributed by atoms with van der Waals surface area (Å²) in [7, 11) is 1.59. The Morgan fingerprint density at radius 3 is 2.67 bits per heavy atom. The van der Waals surface area contributed by atoms with Crippen LogP contribution in [0.3, 0.4) is 0 Å². The Bertz CT molecular complexity index is 864. The number of benzene rings is 1. The SMILES string of the molecule is CNC(=O)[C@H](C)Sc1nnc(CNc2cccc(C(F)(F)F)c2)n1C1CCCCC1. The van der Waals surface area contributed by atoms with Crippen LogP contribution in [0.4, 0.5) is 18.9 Å². The molecular formula is C20H26F3N5OS. The lowest BCUT2D eigenvalue weighted by Crippen LogP contribution is -2.28. The number of nitrogens with zero attached hydrogens (tertiary/aromatic N) is 3. The molecule has 0 spiro atoms. The lowest BCUT2D eigenvalue weighted by atomic mass is 9.95. The van der Waals surface area contributed by atoms with E-state index >= 15 is 0 Å². The molecule has 6 nitrogen and oxygen atoms in total. The lowest BCUT2D eigenvalue weighted by Gasteiger charge is -2.26. The molecule has 3 rings (SSSR count). The Morgan fingerprint density at radius 2 is 2.00 bits per heavy atom. The second kappa shape index (κ2) is 9.72. The number of hydrogen-bond donors (Lipinski definition) is 2. The number of rotatable bonds is 7. The fourth-order valence-corrected chi connectivity index (χ4v) is 4.61. The van der Waals surface area contributed by atoms with Crippen LogP contribution < -0.4 is 10.6 Å². The molecule has 1 atom stereocenters. The number of alkyl halides is 3. The molecule has 1 fully saturated rings. The molecule has 1 aromatic heterocycles. The normalized spacial score (nSPS) is 16.3. The Morgan fingerprint density at radius 1 is 1.27 bits per heavy atom. The molecule has 2 aromatic rings. The third-order valence-electron chi connectivity index (χ3n) is 5.21. The average Bonchev–Trinajstić information content (AvgIpc) is 3.14. The van der Waals surface area contributed by atoms with Crippen molar-refractivity contribution in [1.82, 2.24) is 20.1 Å². The van der Waals surface area contributed by atoms with Crippen LogP contribution >= 0.6 is 11.8 Å². The number of carbonyl (C=O) groups is 1. The number of nitrogens with one attached hydrogen (secondary N) is 2. The van der Waals surface area contributed by atoms with Gasteiger partial charge in [-0.1, -0.05) is 37.1 Å². The third kappa shape index (κ3) is 5.47. The maximum Gasteiger partial charge on any atom is 0.416 e. The van der Waals surface area contributed by atoms with Crippen molar-refractivity contribution in [2.24, 2.45) is 0 Å². The van der Waals surface area contributed by atoms with Crippen LogP contribution in [0, 0.1) is 0 Å². The summed E-state index contributed by atoms with van der Waals surface area (Å²) < 4.78 is 41.0. The van der Waals surface area contributed by atoms with Crippen LogP contribution in [0.15, 0.2) is 29.4 Å². The Kier molecular flexibility index (Phi) is 7.27. The molecular weight excluding hydrogens is 415 g/mol. The predicted molar refractivity (Wildman–Crippen MR) is 110 cm³/mol. The van der Waals surface area contributed by atoms with Crippen molar-refractivity contribution >= 4 is 23.4 Å². The van der Waals surface area contributed by atoms with E-state index in [4.69, 9.17) is 0 Å². The van der Waals surface area contributed by atoms with Crippen molar-refractivity contribution < 1.29 is 18.0 Å². The maximum atomic E-state index is 13.0. The first-order valence-electron chi connectivity index (χ1n) is 10.0. The van der Waals surface area contributed by atoms with Gasteiger partial charge >= 0.3 is 6.18 Å². The Hall–Kier alpha value is -2.23. The minimum absolute atomic E-state index is 0.0955. The minimum atomic E-state index is -4.39. The summed E-state index contributed by atoms with van der Waals surface area (Å²) in [6, 6.07) is 5.34. The van der Waals surface area contributed by atoms with E-state index in [1.807, 2.05) is 6.92 Å². The van der Waals surface area contributed by atoms with E-state index in [1.165, 1.54) is 24.2 Å². The fraction of sp³-hybridized carbons (Fsp3) is 0.550. The van der Waals surface area contributed by atoms with E-state index in [-0.39, 0.29) is 23.7 Å². The van der Waals surface area contributed by atoms with Gasteiger partial charge in [0, 0.05) is 18.8 Å². The predicted octanol–water partition coefficient (Wildman–Crippen LogP) is 4.64. The first kappa shape index (κ1) is 22.5. The molecule has 0 aliphatic heterocycles. The van der Waals surface area contributed by atoms with Crippen molar-refractivity contribution in [1.29, 1.82) is 0 Å². The number of aromatic nitrogens is 3. The van der Waals surface area contributed by atoms with Gasteiger partial charge in [-0.25, -0.2) is 0 Å². The summed E-state index contributed by atoms with van der Waals surface area (Å²) in [6.45, 7) is 2.06. The number of halogens is 3. The molecule has 30 heavy (non-hydrogen) atoms. The van der Waals surface area contributed by atoms with Gasteiger partial charge in [-0.2, -0.15) is 13.2 Å². The van der Waals surface area contributed by atoms with Gasteiger partial charge in [0.2, 0.25) is 5.91 Å². The summed E-state index contributed by atoms with van der Waals surface area (Å²) in [5.74, 6) is 0.563. The Labute approximate surface area is 178 Å². The van der Waals surface area contributed by atoms with Gasteiger partial charge in [0.05, 0.1) is 17.4 Å². The first-order valence-corrected chi connectivity index (χ1v) is 10.9. The number of thioether (sulfide) groups is 1. The van der Waals surface area contributed by atoms with Crippen LogP contribution in [0.25, 0.3) is 0 Å². The monoisotopic (exact) mass is 441 g/mol. The largest absolute Gasteiger partial charge is 0.416 e. The molecule has 0 radical (unpaired) electrons. The van der Waals surface area contributed by atoms with Gasteiger partial charge in [0.15, 0.2) is 11.0 Å². The third-order valence-corrected chi connectivity index (χ3v) is 6.27. The zero-order valence-electron chi connectivity index (χ0n) is 17.0. The molecule has 0 unspecified atom stereocenters. The number of carbonyl (C=O) groups excluding carboxylic acids is 1. The van der Waals surface area contributed by atoms with E-state index in [0.29, 0.717) is 16.7 Å². The summed E-state index contributed by atoms with van der Waals surface area (Å²) in [6.07, 6.45) is 1.01. The molecule has 2 N–H and O–H groups in total. The van der Waals surface area contributed by atoms with Crippen LogP contribution in [0.1, 0.15) is 56.5 Å². The van der Waals surface area contributed by atoms with Crippen LogP contribution in [0.2, 0.25) is 0 Å². The van der Waals surface area contributed by atoms with Crippen LogP contribution in [-0.4, -0.2) is 33.0 Å². The molecule has 1 aliphatic carbocycles. The second-order valence-corrected chi connectivity index (χ2v) is 8.68. The van der Waals surface area contributed by atoms with Crippen LogP contribution in [0.5, 0.6) is 0 Å². The van der Waals surface area contributed by atoms with Gasteiger partial charge in [-0.3, -0.25) is 4.79 Å². The lowest BCUT2D eigenvalue weighted by molar-refractivity contribution is -0.137. The number of anilines is 1. The van der Waals surface area contributed by atoms with Crippen molar-refractivity contribution in [3.63, 3.8) is 0 Å². The van der Waals surface area contributed by atoms with Crippen LogP contribution in [-0.2, 0) is 17.5 Å². The molecule has 1 amide bonds. The minimum Gasteiger partial charge on any atom is -0.378 e. The summed E-state index contributed by atoms with van der Waals surface area (Å²) >= 11 is 1.35. The quantitative estimate of drug-likeness (QED) is 0.613. The van der Waals surface area contributed by atoms with Crippen molar-refractivity contribution in [2.75, 3.05) is 12.4 Å². The van der Waals surface area contributed by atoms with Crippen molar-refractivity contribution in [3.8, 4) is 0 Å². The smallest absolute Gasteiger partial charge is 0.378 e. The van der Waals surface area contributed by atoms with E-state index < -0.39 is 11.7 Å². The van der Waals surface area contributed by atoms with Gasteiger partial charge in [-0.15, -0.1) is 10.2 Å². The van der Waals surface area contributed by atoms with E-state index in [2.05, 4.69) is 25.4 Å². The molecule has 1 aliphatic rings. The molecule has 1 heterocycles. The highest BCUT2D eigenvalue weighted by molar-refractivity contribution is 8.00. The molecule has 0 bridgehead atoms. The molecule has 164 valence electrons. The van der Waals surface area contributed by atoms with Gasteiger partial charge in [-0.05, 0) is 38.0 Å². The highest BCUT2D eigenvalue weighted by Crippen LogP contribution is 2.34. The summed E-state index contributed by atoms with van der Waals surface area (Å²) in [4.78, 5) is 11.9. The second-order valence-electron chi connectivity index (χ2n) is 7.37. The van der Waals surface area contributed by atoms with E-state index in [1.54, 1.807) is 13.1 Å². The zero-order valence-corrected chi connectivity index (χ0v) is 17.8. The van der Waals surface area contributed by atoms with Gasteiger partial charge in [0.25, 0.3) is 0 Å². The molecule has 1 saturated carbocycles. The number of hydrogen-bond acceptors (Lipinski definition) is 5. The maximum absolute atomic E-state index is 13.0. The average molecular weight is 442 g/mol. The fourth-order valence-electron chi connectivity index (χ4n) is 3.62. The standard InChI is InChI=1S/C20H26F3N5OS/c1-13(18(29)24-2)30-19-27-26-17(28(19)16-9-4-3-5-10-16)12-25-15-8-6-7-14(11-15)20(21,22)23/h6-8,11,13,16,25H,3-5,9-10,12H2,1-2H3,(H,24,29)/t13-/m0/s1. The Balaban J connectivity index is 1.81. The van der Waals surface area contributed by atoms with Gasteiger partial charge in [0.1, 0.15) is 0 Å². The van der Waals surface area contributed by atoms with Gasteiger partial charge < -0.3 is 15.2 Å².